The summed E-state index contributed by atoms with van der Waals surface area (Å²) in [6.07, 6.45) is 2.36. The molecule has 9 heteroatoms. The van der Waals surface area contributed by atoms with Crippen molar-refractivity contribution in [1.29, 1.82) is 0 Å². The Morgan fingerprint density at radius 2 is 1.59 bits per heavy atom. The summed E-state index contributed by atoms with van der Waals surface area (Å²) in [4.78, 5) is 48.8. The van der Waals surface area contributed by atoms with Crippen LogP contribution in [0.15, 0.2) is 101 Å². The molecule has 0 amide bonds. The second-order valence-corrected chi connectivity index (χ2v) is 8.48. The molecule has 3 aromatic heterocycles. The Morgan fingerprint density at radius 3 is 2.27 bits per heavy atom. The molecule has 0 saturated carbocycles. The lowest BCUT2D eigenvalue weighted by Gasteiger charge is -2.18. The smallest absolute Gasteiger partial charge is 0.333 e. The van der Waals surface area contributed by atoms with Crippen molar-refractivity contribution in [3.05, 3.63) is 129 Å². The van der Waals surface area contributed by atoms with Crippen molar-refractivity contribution in [1.82, 2.24) is 23.7 Å². The highest BCUT2D eigenvalue weighted by Crippen LogP contribution is 2.24. The third kappa shape index (κ3) is 4.84. The molecule has 186 valence electrons. The van der Waals surface area contributed by atoms with Gasteiger partial charge in [0.1, 0.15) is 6.54 Å². The van der Waals surface area contributed by atoms with Gasteiger partial charge in [0, 0.05) is 12.7 Å². The zero-order chi connectivity index (χ0) is 25.8. The topological polar surface area (TPSA) is 101 Å². The fraction of sp³-hybridized carbons (Fsp3) is 0.179. The molecule has 3 heterocycles. The SMILES string of the molecule is CCn1cnc2c1c(=O)n(CC(=O)O[C@H](c1ccccc1)c1ccccn1)c(=O)n2Cc1ccccc1. The van der Waals surface area contributed by atoms with Gasteiger partial charge in [-0.1, -0.05) is 66.7 Å². The number of carbonyl (C=O) groups excluding carboxylic acids is 1. The minimum atomic E-state index is -0.790. The van der Waals surface area contributed by atoms with Crippen LogP contribution in [0.1, 0.15) is 29.8 Å². The number of pyridine rings is 1. The maximum absolute atomic E-state index is 13.5. The first-order chi connectivity index (χ1) is 18.1. The normalized spacial score (nSPS) is 11.9. The number of hydrogen-bond acceptors (Lipinski definition) is 6. The lowest BCUT2D eigenvalue weighted by molar-refractivity contribution is -0.148. The largest absolute Gasteiger partial charge is 0.450 e. The van der Waals surface area contributed by atoms with Crippen LogP contribution in [0.2, 0.25) is 0 Å². The molecule has 0 bridgehead atoms. The maximum atomic E-state index is 13.5. The van der Waals surface area contributed by atoms with E-state index in [1.807, 2.05) is 67.6 Å². The molecule has 5 rings (SSSR count). The van der Waals surface area contributed by atoms with Gasteiger partial charge in [0.2, 0.25) is 0 Å². The van der Waals surface area contributed by atoms with E-state index in [1.165, 1.54) is 10.9 Å². The van der Waals surface area contributed by atoms with E-state index in [1.54, 1.807) is 29.0 Å². The summed E-state index contributed by atoms with van der Waals surface area (Å²) in [7, 11) is 0. The van der Waals surface area contributed by atoms with Crippen LogP contribution in [-0.2, 0) is 29.2 Å². The Kier molecular flexibility index (Phi) is 6.76. The summed E-state index contributed by atoms with van der Waals surface area (Å²) in [5, 5.41) is 0. The van der Waals surface area contributed by atoms with E-state index in [0.29, 0.717) is 12.2 Å². The first kappa shape index (κ1) is 23.9. The molecular weight excluding hydrogens is 470 g/mol. The zero-order valence-corrected chi connectivity index (χ0v) is 20.2. The van der Waals surface area contributed by atoms with Crippen LogP contribution in [-0.4, -0.2) is 29.6 Å². The minimum absolute atomic E-state index is 0.201. The predicted molar refractivity (Wildman–Crippen MR) is 138 cm³/mol. The number of imidazole rings is 1. The number of rotatable bonds is 8. The van der Waals surface area contributed by atoms with Crippen LogP contribution in [0, 0.1) is 0 Å². The van der Waals surface area contributed by atoms with Crippen molar-refractivity contribution < 1.29 is 9.53 Å². The van der Waals surface area contributed by atoms with Crippen LogP contribution < -0.4 is 11.2 Å². The van der Waals surface area contributed by atoms with Gasteiger partial charge >= 0.3 is 11.7 Å². The lowest BCUT2D eigenvalue weighted by Crippen LogP contribution is -2.42. The number of ether oxygens (including phenoxy) is 1. The number of benzene rings is 2. The van der Waals surface area contributed by atoms with Gasteiger partial charge in [-0.3, -0.25) is 19.1 Å². The number of aromatic nitrogens is 5. The van der Waals surface area contributed by atoms with Crippen LogP contribution in [0.4, 0.5) is 0 Å². The molecule has 0 radical (unpaired) electrons. The van der Waals surface area contributed by atoms with E-state index in [4.69, 9.17) is 4.74 Å². The van der Waals surface area contributed by atoms with E-state index in [0.717, 1.165) is 15.7 Å². The van der Waals surface area contributed by atoms with E-state index in [9.17, 15) is 14.4 Å². The highest BCUT2D eigenvalue weighted by atomic mass is 16.5. The standard InChI is InChI=1S/C28H25N5O4/c1-2-31-19-30-26-24(31)27(35)33(28(36)32(26)17-20-11-5-3-6-12-20)18-23(34)37-25(21-13-7-4-8-14-21)22-15-9-10-16-29-22/h3-16,19,25H,2,17-18H2,1H3/t25-/m1/s1. The number of esters is 1. The molecule has 0 aliphatic carbocycles. The fourth-order valence-electron chi connectivity index (χ4n) is 4.28. The van der Waals surface area contributed by atoms with Crippen LogP contribution >= 0.6 is 0 Å². The summed E-state index contributed by atoms with van der Waals surface area (Å²) in [5.74, 6) is -0.730. The van der Waals surface area contributed by atoms with Crippen molar-refractivity contribution >= 4 is 17.1 Å². The van der Waals surface area contributed by atoms with Gasteiger partial charge in [-0.15, -0.1) is 0 Å². The van der Waals surface area contributed by atoms with E-state index >= 15 is 0 Å². The molecule has 0 saturated heterocycles. The van der Waals surface area contributed by atoms with Gasteiger partial charge in [0.15, 0.2) is 17.3 Å². The number of nitrogens with zero attached hydrogens (tertiary/aromatic N) is 5. The zero-order valence-electron chi connectivity index (χ0n) is 20.2. The summed E-state index contributed by atoms with van der Waals surface area (Å²) in [6, 6.07) is 23.9. The third-order valence-electron chi connectivity index (χ3n) is 6.10. The Hall–Kier alpha value is -4.79. The second-order valence-electron chi connectivity index (χ2n) is 8.48. The summed E-state index contributed by atoms with van der Waals surface area (Å²) in [5.41, 5.74) is 1.45. The first-order valence-corrected chi connectivity index (χ1v) is 11.9. The Balaban J connectivity index is 1.54. The monoisotopic (exact) mass is 495 g/mol. The molecule has 0 aliphatic heterocycles. The van der Waals surface area contributed by atoms with E-state index in [-0.39, 0.29) is 17.7 Å². The molecule has 9 nitrogen and oxygen atoms in total. The number of hydrogen-bond donors (Lipinski definition) is 0. The molecule has 2 aromatic carbocycles. The fourth-order valence-corrected chi connectivity index (χ4v) is 4.28. The molecule has 37 heavy (non-hydrogen) atoms. The number of aryl methyl sites for hydroxylation is 1. The number of fused-ring (bicyclic) bond motifs is 1. The summed E-state index contributed by atoms with van der Waals surface area (Å²) < 4.78 is 9.82. The van der Waals surface area contributed by atoms with Crippen molar-refractivity contribution in [2.75, 3.05) is 0 Å². The van der Waals surface area contributed by atoms with Crippen LogP contribution in [0.25, 0.3) is 11.2 Å². The van der Waals surface area contributed by atoms with E-state index < -0.39 is 29.9 Å². The predicted octanol–water partition coefficient (Wildman–Crippen LogP) is 3.16. The summed E-state index contributed by atoms with van der Waals surface area (Å²) >= 11 is 0. The van der Waals surface area contributed by atoms with Crippen LogP contribution in [0.5, 0.6) is 0 Å². The second kappa shape index (κ2) is 10.4. The molecule has 0 unspecified atom stereocenters. The van der Waals surface area contributed by atoms with Gasteiger partial charge in [-0.25, -0.2) is 14.3 Å². The first-order valence-electron chi connectivity index (χ1n) is 11.9. The van der Waals surface area contributed by atoms with Gasteiger partial charge in [-0.2, -0.15) is 0 Å². The minimum Gasteiger partial charge on any atom is -0.450 e. The molecular formula is C28H25N5O4. The average molecular weight is 496 g/mol. The highest BCUT2D eigenvalue weighted by molar-refractivity contribution is 5.73. The molecule has 0 fully saturated rings. The molecule has 0 spiro atoms. The average Bonchev–Trinajstić information content (AvgIpc) is 3.38. The molecule has 5 aromatic rings. The Bertz CT molecular complexity index is 1600. The quantitative estimate of drug-likeness (QED) is 0.307. The van der Waals surface area contributed by atoms with Gasteiger partial charge < -0.3 is 9.30 Å². The highest BCUT2D eigenvalue weighted by Gasteiger charge is 2.24. The third-order valence-corrected chi connectivity index (χ3v) is 6.10. The van der Waals surface area contributed by atoms with Crippen LogP contribution in [0.3, 0.4) is 0 Å². The molecule has 0 aliphatic rings. The Morgan fingerprint density at radius 1 is 0.892 bits per heavy atom. The number of carbonyl (C=O) groups is 1. The van der Waals surface area contributed by atoms with Gasteiger partial charge in [-0.05, 0) is 30.2 Å². The maximum Gasteiger partial charge on any atom is 0.333 e. The van der Waals surface area contributed by atoms with Crippen molar-refractivity contribution in [3.63, 3.8) is 0 Å². The Labute approximate surface area is 212 Å². The van der Waals surface area contributed by atoms with Gasteiger partial charge in [0.25, 0.3) is 5.56 Å². The van der Waals surface area contributed by atoms with Crippen molar-refractivity contribution in [3.8, 4) is 0 Å². The van der Waals surface area contributed by atoms with E-state index in [2.05, 4.69) is 9.97 Å². The summed E-state index contributed by atoms with van der Waals surface area (Å²) in [6.45, 7) is 2.01. The van der Waals surface area contributed by atoms with Crippen molar-refractivity contribution in [2.45, 2.75) is 32.7 Å². The van der Waals surface area contributed by atoms with Crippen molar-refractivity contribution in [2.24, 2.45) is 0 Å². The molecule has 1 atom stereocenters. The molecule has 0 N–H and O–H groups in total. The lowest BCUT2D eigenvalue weighted by atomic mass is 10.1. The van der Waals surface area contributed by atoms with Gasteiger partial charge in [0.05, 0.1) is 18.6 Å².